The average Bonchev–Trinajstić information content (AvgIpc) is 2.87. The highest BCUT2D eigenvalue weighted by Gasteiger charge is 2.30. The highest BCUT2D eigenvalue weighted by Crippen LogP contribution is 2.32. The summed E-state index contributed by atoms with van der Waals surface area (Å²) in [6.45, 7) is 5.57. The van der Waals surface area contributed by atoms with E-state index in [1.807, 2.05) is 19.9 Å². The van der Waals surface area contributed by atoms with Gasteiger partial charge in [-0.1, -0.05) is 26.0 Å². The number of anilines is 1. The number of carbonyl (C=O) groups excluding carboxylic acids is 2. The van der Waals surface area contributed by atoms with Crippen molar-refractivity contribution in [2.45, 2.75) is 33.4 Å². The van der Waals surface area contributed by atoms with Gasteiger partial charge >= 0.3 is 0 Å². The third-order valence-corrected chi connectivity index (χ3v) is 6.81. The van der Waals surface area contributed by atoms with E-state index in [0.717, 1.165) is 16.1 Å². The monoisotopic (exact) mass is 535 g/mol. The molecule has 11 heteroatoms. The molecule has 0 saturated carbocycles. The summed E-state index contributed by atoms with van der Waals surface area (Å²) in [4.78, 5) is 27.9. The van der Waals surface area contributed by atoms with Crippen molar-refractivity contribution in [2.24, 2.45) is 5.92 Å². The van der Waals surface area contributed by atoms with Crippen molar-refractivity contribution in [3.63, 3.8) is 0 Å². The van der Waals surface area contributed by atoms with Crippen molar-refractivity contribution in [2.75, 3.05) is 45.0 Å². The fourth-order valence-corrected chi connectivity index (χ4v) is 4.44. The molecule has 0 aromatic heterocycles. The molecule has 1 atom stereocenters. The van der Waals surface area contributed by atoms with Gasteiger partial charge in [0.05, 0.1) is 33.3 Å². The van der Waals surface area contributed by atoms with Crippen molar-refractivity contribution in [1.29, 1.82) is 0 Å². The number of ether oxygens (including phenoxy) is 3. The zero-order valence-corrected chi connectivity index (χ0v) is 23.3. The molecule has 0 saturated heterocycles. The van der Waals surface area contributed by atoms with Crippen LogP contribution in [0.3, 0.4) is 0 Å². The van der Waals surface area contributed by atoms with E-state index in [0.29, 0.717) is 23.8 Å². The van der Waals surface area contributed by atoms with E-state index >= 15 is 0 Å². The molecule has 0 aliphatic carbocycles. The molecule has 37 heavy (non-hydrogen) atoms. The van der Waals surface area contributed by atoms with Crippen molar-refractivity contribution < 1.29 is 32.2 Å². The zero-order valence-electron chi connectivity index (χ0n) is 22.5. The zero-order chi connectivity index (χ0) is 27.8. The van der Waals surface area contributed by atoms with E-state index in [-0.39, 0.29) is 24.1 Å². The minimum Gasteiger partial charge on any atom is -0.497 e. The van der Waals surface area contributed by atoms with Crippen LogP contribution >= 0.6 is 0 Å². The number of nitrogens with zero attached hydrogens (tertiary/aromatic N) is 2. The van der Waals surface area contributed by atoms with E-state index in [9.17, 15) is 18.0 Å². The molecule has 1 unspecified atom stereocenters. The molecule has 204 valence electrons. The van der Waals surface area contributed by atoms with E-state index in [4.69, 9.17) is 14.2 Å². The summed E-state index contributed by atoms with van der Waals surface area (Å²) in [5.41, 5.74) is 0.958. The molecule has 0 aliphatic heterocycles. The minimum absolute atomic E-state index is 0.0792. The van der Waals surface area contributed by atoms with Gasteiger partial charge in [-0.25, -0.2) is 8.42 Å². The summed E-state index contributed by atoms with van der Waals surface area (Å²) in [6, 6.07) is 10.9. The Bertz CT molecular complexity index is 1180. The third kappa shape index (κ3) is 8.28. The number of methoxy groups -OCH3 is 3. The number of carbonyl (C=O) groups is 2. The van der Waals surface area contributed by atoms with Crippen LogP contribution in [0.5, 0.6) is 17.2 Å². The summed E-state index contributed by atoms with van der Waals surface area (Å²) in [5.74, 6) is 0.684. The molecule has 0 radical (unpaired) electrons. The normalized spacial score (nSPS) is 12.0. The lowest BCUT2D eigenvalue weighted by molar-refractivity contribution is -0.139. The first kappa shape index (κ1) is 29.8. The molecular formula is C26H37N3O7S. The molecule has 2 aromatic rings. The Morgan fingerprint density at radius 3 is 2.19 bits per heavy atom. The lowest BCUT2D eigenvalue weighted by atomic mass is 10.1. The quantitative estimate of drug-likeness (QED) is 0.419. The second-order valence-electron chi connectivity index (χ2n) is 9.00. The second-order valence-corrected chi connectivity index (χ2v) is 10.9. The maximum Gasteiger partial charge on any atom is 0.244 e. The van der Waals surface area contributed by atoms with Crippen LogP contribution < -0.4 is 23.8 Å². The summed E-state index contributed by atoms with van der Waals surface area (Å²) in [5, 5.41) is 2.85. The van der Waals surface area contributed by atoms with Crippen LogP contribution in [0.2, 0.25) is 0 Å². The first-order valence-corrected chi connectivity index (χ1v) is 13.7. The van der Waals surface area contributed by atoms with E-state index in [2.05, 4.69) is 5.32 Å². The summed E-state index contributed by atoms with van der Waals surface area (Å²) < 4.78 is 42.3. The lowest BCUT2D eigenvalue weighted by Gasteiger charge is -2.31. The van der Waals surface area contributed by atoms with Crippen LogP contribution in [0.25, 0.3) is 0 Å². The van der Waals surface area contributed by atoms with Gasteiger partial charge < -0.3 is 24.4 Å². The molecule has 2 rings (SSSR count). The van der Waals surface area contributed by atoms with E-state index < -0.39 is 28.5 Å². The van der Waals surface area contributed by atoms with Crippen LogP contribution in [-0.4, -0.2) is 71.8 Å². The van der Waals surface area contributed by atoms with Crippen LogP contribution in [0, 0.1) is 5.92 Å². The fourth-order valence-electron chi connectivity index (χ4n) is 3.60. The smallest absolute Gasteiger partial charge is 0.244 e. The van der Waals surface area contributed by atoms with Gasteiger partial charge in [0.25, 0.3) is 0 Å². The van der Waals surface area contributed by atoms with E-state index in [1.165, 1.54) is 38.4 Å². The SMILES string of the molecule is COc1cccc(CN(C(=O)CN(c2ccc(OC)c(OC)c2)S(C)(=O)=O)C(C)C(=O)NCC(C)C)c1. The first-order chi connectivity index (χ1) is 17.4. The number of amides is 2. The predicted molar refractivity (Wildman–Crippen MR) is 143 cm³/mol. The van der Waals surface area contributed by atoms with Crippen LogP contribution in [0.1, 0.15) is 26.3 Å². The maximum absolute atomic E-state index is 13.6. The molecule has 0 aliphatic rings. The predicted octanol–water partition coefficient (Wildman–Crippen LogP) is 2.67. The molecule has 2 amide bonds. The standard InChI is InChI=1S/C26H37N3O7S/c1-18(2)15-27-26(31)19(3)28(16-20-9-8-10-22(13-20)34-4)25(30)17-29(37(7,32)33)21-11-12-23(35-5)24(14-21)36-6/h8-14,18-19H,15-17H2,1-7H3,(H,27,31). The number of hydrogen-bond donors (Lipinski definition) is 1. The molecule has 1 N–H and O–H groups in total. The molecule has 10 nitrogen and oxygen atoms in total. The van der Waals surface area contributed by atoms with Crippen molar-refractivity contribution in [1.82, 2.24) is 10.2 Å². The fraction of sp³-hybridized carbons (Fsp3) is 0.462. The Morgan fingerprint density at radius 1 is 0.946 bits per heavy atom. The van der Waals surface area contributed by atoms with Gasteiger partial charge in [0.15, 0.2) is 11.5 Å². The van der Waals surface area contributed by atoms with Gasteiger partial charge in [0, 0.05) is 19.2 Å². The topological polar surface area (TPSA) is 114 Å². The van der Waals surface area contributed by atoms with Gasteiger partial charge in [0.2, 0.25) is 21.8 Å². The van der Waals surface area contributed by atoms with Crippen LogP contribution in [-0.2, 0) is 26.2 Å². The third-order valence-electron chi connectivity index (χ3n) is 5.67. The van der Waals surface area contributed by atoms with Crippen molar-refractivity contribution >= 4 is 27.5 Å². The summed E-state index contributed by atoms with van der Waals surface area (Å²) in [6.07, 6.45) is 1.02. The van der Waals surface area contributed by atoms with Gasteiger partial charge in [0.1, 0.15) is 18.3 Å². The molecule has 0 spiro atoms. The Morgan fingerprint density at radius 2 is 1.62 bits per heavy atom. The molecular weight excluding hydrogens is 498 g/mol. The average molecular weight is 536 g/mol. The molecule has 0 heterocycles. The van der Waals surface area contributed by atoms with Crippen molar-refractivity contribution in [3.8, 4) is 17.2 Å². The van der Waals surface area contributed by atoms with Gasteiger partial charge in [-0.15, -0.1) is 0 Å². The summed E-state index contributed by atoms with van der Waals surface area (Å²) >= 11 is 0. The largest absolute Gasteiger partial charge is 0.497 e. The van der Waals surface area contributed by atoms with E-state index in [1.54, 1.807) is 31.2 Å². The highest BCUT2D eigenvalue weighted by atomic mass is 32.2. The highest BCUT2D eigenvalue weighted by molar-refractivity contribution is 7.92. The number of rotatable bonds is 13. The number of sulfonamides is 1. The molecule has 0 bridgehead atoms. The minimum atomic E-state index is -3.87. The lowest BCUT2D eigenvalue weighted by Crippen LogP contribution is -2.51. The Balaban J connectivity index is 2.43. The van der Waals surface area contributed by atoms with Gasteiger partial charge in [-0.05, 0) is 42.7 Å². The first-order valence-electron chi connectivity index (χ1n) is 11.8. The number of nitrogens with one attached hydrogen (secondary N) is 1. The van der Waals surface area contributed by atoms with Crippen molar-refractivity contribution in [3.05, 3.63) is 48.0 Å². The van der Waals surface area contributed by atoms with Crippen LogP contribution in [0.15, 0.2) is 42.5 Å². The van der Waals surface area contributed by atoms with Gasteiger partial charge in [-0.2, -0.15) is 0 Å². The maximum atomic E-state index is 13.6. The van der Waals surface area contributed by atoms with Gasteiger partial charge in [-0.3, -0.25) is 13.9 Å². The summed E-state index contributed by atoms with van der Waals surface area (Å²) in [7, 11) is 0.571. The molecule has 0 fully saturated rings. The Kier molecular flexibility index (Phi) is 10.6. The Hall–Kier alpha value is -3.47. The van der Waals surface area contributed by atoms with Crippen LogP contribution in [0.4, 0.5) is 5.69 Å². The number of benzene rings is 2. The second kappa shape index (κ2) is 13.2. The molecule has 2 aromatic carbocycles. The number of hydrogen-bond acceptors (Lipinski definition) is 7. The Labute approximate surface area is 219 Å².